The lowest BCUT2D eigenvalue weighted by Gasteiger charge is -2.38. The van der Waals surface area contributed by atoms with E-state index in [0.29, 0.717) is 12.6 Å². The van der Waals surface area contributed by atoms with Crippen molar-refractivity contribution in [3.63, 3.8) is 0 Å². The van der Waals surface area contributed by atoms with Gasteiger partial charge in [-0.2, -0.15) is 13.2 Å². The molecule has 0 N–H and O–H groups in total. The first kappa shape index (κ1) is 22.7. The summed E-state index contributed by atoms with van der Waals surface area (Å²) in [5.74, 6) is 0.928. The molecule has 2 atom stereocenters. The molecule has 3 heterocycles. The van der Waals surface area contributed by atoms with Gasteiger partial charge >= 0.3 is 6.18 Å². The summed E-state index contributed by atoms with van der Waals surface area (Å²) < 4.78 is 45.7. The van der Waals surface area contributed by atoms with E-state index in [2.05, 4.69) is 21.9 Å². The number of halogens is 3. The van der Waals surface area contributed by atoms with Crippen LogP contribution in [0, 0.1) is 0 Å². The Morgan fingerprint density at radius 1 is 0.909 bits per heavy atom. The highest BCUT2D eigenvalue weighted by Crippen LogP contribution is 2.47. The SMILES string of the molecule is FC(F)(F)c1ccc([C@@H]2CN3CCC[C@@H]3c3cccc(OCCCN4CCCCC4)c32)cc1. The molecule has 2 fully saturated rings. The molecule has 3 aliphatic rings. The maximum absolute atomic E-state index is 13.1. The number of fused-ring (bicyclic) bond motifs is 3. The van der Waals surface area contributed by atoms with Crippen molar-refractivity contribution in [1.29, 1.82) is 0 Å². The quantitative estimate of drug-likeness (QED) is 0.477. The zero-order valence-corrected chi connectivity index (χ0v) is 19.1. The van der Waals surface area contributed by atoms with Gasteiger partial charge in [0.15, 0.2) is 0 Å². The minimum absolute atomic E-state index is 0.0231. The Bertz CT molecular complexity index is 937. The Labute approximate surface area is 194 Å². The van der Waals surface area contributed by atoms with Gasteiger partial charge in [0.25, 0.3) is 0 Å². The zero-order valence-electron chi connectivity index (χ0n) is 19.1. The summed E-state index contributed by atoms with van der Waals surface area (Å²) in [6, 6.07) is 12.4. The van der Waals surface area contributed by atoms with Crippen LogP contribution in [0.15, 0.2) is 42.5 Å². The molecule has 178 valence electrons. The maximum atomic E-state index is 13.1. The number of hydrogen-bond donors (Lipinski definition) is 0. The summed E-state index contributed by atoms with van der Waals surface area (Å²) in [7, 11) is 0. The van der Waals surface area contributed by atoms with E-state index in [-0.39, 0.29) is 5.92 Å². The second-order valence-corrected chi connectivity index (χ2v) is 9.69. The van der Waals surface area contributed by atoms with E-state index in [1.165, 1.54) is 55.6 Å². The van der Waals surface area contributed by atoms with Gasteiger partial charge in [0.05, 0.1) is 12.2 Å². The fourth-order valence-electron chi connectivity index (χ4n) is 5.90. The van der Waals surface area contributed by atoms with Crippen molar-refractivity contribution in [2.24, 2.45) is 0 Å². The van der Waals surface area contributed by atoms with Crippen molar-refractivity contribution in [2.75, 3.05) is 39.3 Å². The molecule has 3 nitrogen and oxygen atoms in total. The number of likely N-dealkylation sites (tertiary alicyclic amines) is 1. The number of ether oxygens (including phenoxy) is 1. The highest BCUT2D eigenvalue weighted by molar-refractivity contribution is 5.51. The van der Waals surface area contributed by atoms with Crippen LogP contribution in [-0.2, 0) is 6.18 Å². The molecule has 0 amide bonds. The maximum Gasteiger partial charge on any atom is 0.416 e. The van der Waals surface area contributed by atoms with Crippen LogP contribution in [0.2, 0.25) is 0 Å². The minimum Gasteiger partial charge on any atom is -0.493 e. The van der Waals surface area contributed by atoms with Crippen molar-refractivity contribution < 1.29 is 17.9 Å². The average molecular weight is 459 g/mol. The van der Waals surface area contributed by atoms with Gasteiger partial charge in [-0.1, -0.05) is 30.7 Å². The molecule has 0 aromatic heterocycles. The van der Waals surface area contributed by atoms with Gasteiger partial charge in [0.1, 0.15) is 5.75 Å². The fourth-order valence-corrected chi connectivity index (χ4v) is 5.90. The number of hydrogen-bond acceptors (Lipinski definition) is 3. The van der Waals surface area contributed by atoms with Crippen LogP contribution in [-0.4, -0.2) is 49.1 Å². The third-order valence-electron chi connectivity index (χ3n) is 7.55. The van der Waals surface area contributed by atoms with Crippen molar-refractivity contribution in [2.45, 2.75) is 56.7 Å². The summed E-state index contributed by atoms with van der Waals surface area (Å²) in [5, 5.41) is 0. The molecule has 3 aliphatic heterocycles. The Kier molecular flexibility index (Phi) is 6.66. The van der Waals surface area contributed by atoms with Crippen molar-refractivity contribution >= 4 is 0 Å². The van der Waals surface area contributed by atoms with Crippen LogP contribution >= 0.6 is 0 Å². The molecule has 2 saturated heterocycles. The Balaban J connectivity index is 1.37. The van der Waals surface area contributed by atoms with Crippen LogP contribution in [0.4, 0.5) is 13.2 Å². The van der Waals surface area contributed by atoms with E-state index in [1.54, 1.807) is 12.1 Å². The van der Waals surface area contributed by atoms with Crippen LogP contribution in [0.1, 0.15) is 72.7 Å². The summed E-state index contributed by atoms with van der Waals surface area (Å²) in [4.78, 5) is 5.01. The predicted molar refractivity (Wildman–Crippen MR) is 124 cm³/mol. The van der Waals surface area contributed by atoms with E-state index >= 15 is 0 Å². The molecule has 33 heavy (non-hydrogen) atoms. The minimum atomic E-state index is -4.31. The summed E-state index contributed by atoms with van der Waals surface area (Å²) in [6.45, 7) is 5.98. The van der Waals surface area contributed by atoms with Crippen molar-refractivity contribution in [3.05, 3.63) is 64.7 Å². The summed E-state index contributed by atoms with van der Waals surface area (Å²) in [5.41, 5.74) is 2.80. The first-order valence-electron chi connectivity index (χ1n) is 12.4. The van der Waals surface area contributed by atoms with E-state index in [9.17, 15) is 13.2 Å². The van der Waals surface area contributed by atoms with Gasteiger partial charge in [-0.3, -0.25) is 4.90 Å². The van der Waals surface area contributed by atoms with Crippen LogP contribution in [0.5, 0.6) is 5.75 Å². The number of piperidine rings is 1. The molecule has 0 bridgehead atoms. The second kappa shape index (κ2) is 9.67. The van der Waals surface area contributed by atoms with Gasteiger partial charge in [-0.15, -0.1) is 0 Å². The van der Waals surface area contributed by atoms with Crippen molar-refractivity contribution in [3.8, 4) is 5.75 Å². The van der Waals surface area contributed by atoms with E-state index in [1.807, 2.05) is 6.07 Å². The predicted octanol–water partition coefficient (Wildman–Crippen LogP) is 6.24. The zero-order chi connectivity index (χ0) is 22.8. The highest BCUT2D eigenvalue weighted by atomic mass is 19.4. The lowest BCUT2D eigenvalue weighted by Crippen LogP contribution is -2.35. The average Bonchev–Trinajstić information content (AvgIpc) is 3.31. The fraction of sp³-hybridized carbons (Fsp3) is 0.556. The molecule has 5 rings (SSSR count). The highest BCUT2D eigenvalue weighted by Gasteiger charge is 2.38. The van der Waals surface area contributed by atoms with Crippen LogP contribution in [0.3, 0.4) is 0 Å². The van der Waals surface area contributed by atoms with E-state index in [4.69, 9.17) is 4.74 Å². The Hall–Kier alpha value is -2.05. The van der Waals surface area contributed by atoms with Crippen molar-refractivity contribution in [1.82, 2.24) is 9.80 Å². The van der Waals surface area contributed by atoms with Gasteiger partial charge in [-0.25, -0.2) is 0 Å². The number of alkyl halides is 3. The van der Waals surface area contributed by atoms with Gasteiger partial charge in [0.2, 0.25) is 0 Å². The molecule has 0 unspecified atom stereocenters. The first-order valence-corrected chi connectivity index (χ1v) is 12.4. The smallest absolute Gasteiger partial charge is 0.416 e. The monoisotopic (exact) mass is 458 g/mol. The molecule has 0 saturated carbocycles. The summed E-state index contributed by atoms with van der Waals surface area (Å²) in [6.07, 6.45) is 2.89. The molecule has 2 aromatic carbocycles. The third-order valence-corrected chi connectivity index (χ3v) is 7.55. The molecule has 0 spiro atoms. The van der Waals surface area contributed by atoms with Gasteiger partial charge < -0.3 is 9.64 Å². The Morgan fingerprint density at radius 2 is 1.70 bits per heavy atom. The standard InChI is InChI=1S/C27H33F3N2O/c28-27(29,30)21-12-10-20(11-13-21)23-19-32-17-5-8-24(32)22-7-4-9-25(26(22)23)33-18-6-16-31-14-2-1-3-15-31/h4,7,9-13,23-24H,1-3,5-6,8,14-19H2/t23-,24+/m0/s1. The normalized spacial score (nSPS) is 23.8. The second-order valence-electron chi connectivity index (χ2n) is 9.69. The van der Waals surface area contributed by atoms with Gasteiger partial charge in [-0.05, 0) is 81.1 Å². The molecular formula is C27H33F3N2O. The molecule has 6 heteroatoms. The third kappa shape index (κ3) is 4.92. The largest absolute Gasteiger partial charge is 0.493 e. The lowest BCUT2D eigenvalue weighted by atomic mass is 9.81. The number of benzene rings is 2. The van der Waals surface area contributed by atoms with Gasteiger partial charge in [0, 0.05) is 30.6 Å². The summed E-state index contributed by atoms with van der Waals surface area (Å²) >= 11 is 0. The van der Waals surface area contributed by atoms with Crippen LogP contribution < -0.4 is 4.74 Å². The topological polar surface area (TPSA) is 15.7 Å². The molecular weight excluding hydrogens is 425 g/mol. The number of nitrogens with zero attached hydrogens (tertiary/aromatic N) is 2. The van der Waals surface area contributed by atoms with E-state index < -0.39 is 11.7 Å². The molecule has 0 radical (unpaired) electrons. The lowest BCUT2D eigenvalue weighted by molar-refractivity contribution is -0.137. The van der Waals surface area contributed by atoms with Crippen LogP contribution in [0.25, 0.3) is 0 Å². The molecule has 0 aliphatic carbocycles. The first-order chi connectivity index (χ1) is 16.0. The molecule has 2 aromatic rings. The van der Waals surface area contributed by atoms with E-state index in [0.717, 1.165) is 50.2 Å². The number of rotatable bonds is 6. The Morgan fingerprint density at radius 3 is 2.45 bits per heavy atom.